The number of methoxy groups -OCH3 is 1. The van der Waals surface area contributed by atoms with Crippen molar-refractivity contribution in [3.63, 3.8) is 0 Å². The number of hydrogen-bond acceptors (Lipinski definition) is 2. The Labute approximate surface area is 140 Å². The zero-order valence-corrected chi connectivity index (χ0v) is 14.0. The molecule has 1 heterocycles. The maximum Gasteiger partial charge on any atom is 0.196 e. The van der Waals surface area contributed by atoms with Gasteiger partial charge in [0.25, 0.3) is 0 Å². The normalized spacial score (nSPS) is 10.8. The number of aromatic amines is 1. The number of benzene rings is 2. The summed E-state index contributed by atoms with van der Waals surface area (Å²) >= 11 is 8.15. The van der Waals surface area contributed by atoms with Crippen molar-refractivity contribution in [1.82, 2.24) is 4.98 Å². The van der Waals surface area contributed by atoms with Crippen LogP contribution >= 0.6 is 34.2 Å². The quantitative estimate of drug-likeness (QED) is 0.503. The molecule has 0 spiro atoms. The highest BCUT2D eigenvalue weighted by Gasteiger charge is 2.17. The Bertz CT molecular complexity index is 841. The molecule has 21 heavy (non-hydrogen) atoms. The number of H-pyrrole nitrogens is 1. The van der Waals surface area contributed by atoms with Crippen molar-refractivity contribution in [2.24, 2.45) is 0 Å². The molecule has 3 rings (SSSR count). The molecule has 106 valence electrons. The lowest BCUT2D eigenvalue weighted by molar-refractivity contribution is 0.103. The van der Waals surface area contributed by atoms with Crippen molar-refractivity contribution in [1.29, 1.82) is 0 Å². The fraction of sp³-hybridized carbons (Fsp3) is 0.0625. The fourth-order valence-corrected chi connectivity index (χ4v) is 2.98. The van der Waals surface area contributed by atoms with E-state index in [-0.39, 0.29) is 5.78 Å². The van der Waals surface area contributed by atoms with E-state index in [0.29, 0.717) is 16.1 Å². The first kappa shape index (κ1) is 14.4. The van der Waals surface area contributed by atoms with Gasteiger partial charge >= 0.3 is 0 Å². The second-order valence-corrected chi connectivity index (χ2v) is 6.17. The highest BCUT2D eigenvalue weighted by atomic mass is 127. The number of rotatable bonds is 3. The molecule has 1 aromatic heterocycles. The first-order valence-corrected chi connectivity index (χ1v) is 7.70. The van der Waals surface area contributed by atoms with E-state index in [2.05, 4.69) is 27.6 Å². The third kappa shape index (κ3) is 2.65. The number of carbonyl (C=O) groups is 1. The molecule has 0 unspecified atom stereocenters. The Morgan fingerprint density at radius 2 is 2.00 bits per heavy atom. The Morgan fingerprint density at radius 1 is 1.19 bits per heavy atom. The highest BCUT2D eigenvalue weighted by Crippen LogP contribution is 2.27. The van der Waals surface area contributed by atoms with Gasteiger partial charge in [-0.25, -0.2) is 0 Å². The summed E-state index contributed by atoms with van der Waals surface area (Å²) in [5.41, 5.74) is 2.12. The largest absolute Gasteiger partial charge is 0.497 e. The third-order valence-electron chi connectivity index (χ3n) is 3.31. The van der Waals surface area contributed by atoms with Gasteiger partial charge in [-0.05, 0) is 59.0 Å². The minimum Gasteiger partial charge on any atom is -0.497 e. The van der Waals surface area contributed by atoms with E-state index in [9.17, 15) is 4.79 Å². The number of carbonyl (C=O) groups excluding carboxylic acids is 1. The molecule has 0 bridgehead atoms. The van der Waals surface area contributed by atoms with E-state index in [1.807, 2.05) is 24.3 Å². The SMILES string of the molecule is COc1ccc2[nH]cc(C(=O)c3cc(Cl)ccc3I)c2c1. The van der Waals surface area contributed by atoms with Gasteiger partial charge in [0.15, 0.2) is 5.78 Å². The Kier molecular flexibility index (Phi) is 3.91. The predicted molar refractivity (Wildman–Crippen MR) is 92.5 cm³/mol. The zero-order valence-electron chi connectivity index (χ0n) is 11.1. The summed E-state index contributed by atoms with van der Waals surface area (Å²) in [6, 6.07) is 10.9. The molecule has 0 radical (unpaired) electrons. The maximum absolute atomic E-state index is 12.8. The average Bonchev–Trinajstić information content (AvgIpc) is 2.91. The molecule has 3 aromatic rings. The van der Waals surface area contributed by atoms with Crippen LogP contribution in [0.4, 0.5) is 0 Å². The second-order valence-electron chi connectivity index (χ2n) is 4.57. The van der Waals surface area contributed by atoms with Gasteiger partial charge in [0.2, 0.25) is 0 Å². The number of halogens is 2. The standard InChI is InChI=1S/C16H11ClINO2/c1-21-10-3-5-15-11(7-10)13(8-19-15)16(20)12-6-9(17)2-4-14(12)18/h2-8,19H,1H3. The Balaban J connectivity index is 2.15. The smallest absolute Gasteiger partial charge is 0.196 e. The minimum absolute atomic E-state index is 0.0543. The third-order valence-corrected chi connectivity index (χ3v) is 4.48. The molecule has 0 saturated heterocycles. The first-order valence-electron chi connectivity index (χ1n) is 6.25. The molecule has 0 aliphatic rings. The van der Waals surface area contributed by atoms with Crippen LogP contribution in [-0.4, -0.2) is 17.9 Å². The van der Waals surface area contributed by atoms with Crippen LogP contribution in [0.3, 0.4) is 0 Å². The summed E-state index contributed by atoms with van der Waals surface area (Å²) in [5, 5.41) is 1.39. The molecule has 0 saturated carbocycles. The van der Waals surface area contributed by atoms with Gasteiger partial charge in [-0.1, -0.05) is 11.6 Å². The molecular formula is C16H11ClINO2. The van der Waals surface area contributed by atoms with Gasteiger partial charge in [-0.15, -0.1) is 0 Å². The van der Waals surface area contributed by atoms with Crippen molar-refractivity contribution >= 4 is 50.9 Å². The van der Waals surface area contributed by atoms with Crippen molar-refractivity contribution in [2.75, 3.05) is 7.11 Å². The number of aromatic nitrogens is 1. The number of fused-ring (bicyclic) bond motifs is 1. The monoisotopic (exact) mass is 411 g/mol. The van der Waals surface area contributed by atoms with Gasteiger partial charge in [0.05, 0.1) is 7.11 Å². The molecule has 3 nitrogen and oxygen atoms in total. The van der Waals surface area contributed by atoms with Crippen LogP contribution in [0, 0.1) is 3.57 Å². The maximum atomic E-state index is 12.8. The van der Waals surface area contributed by atoms with E-state index < -0.39 is 0 Å². The molecule has 0 aliphatic carbocycles. The van der Waals surface area contributed by atoms with Crippen molar-refractivity contribution < 1.29 is 9.53 Å². The lowest BCUT2D eigenvalue weighted by atomic mass is 10.0. The lowest BCUT2D eigenvalue weighted by Gasteiger charge is -2.05. The lowest BCUT2D eigenvalue weighted by Crippen LogP contribution is -2.03. The van der Waals surface area contributed by atoms with Gasteiger partial charge in [-0.3, -0.25) is 4.79 Å². The van der Waals surface area contributed by atoms with Gasteiger partial charge < -0.3 is 9.72 Å². The molecule has 0 atom stereocenters. The van der Waals surface area contributed by atoms with E-state index in [0.717, 1.165) is 20.2 Å². The highest BCUT2D eigenvalue weighted by molar-refractivity contribution is 14.1. The molecule has 0 aliphatic heterocycles. The second kappa shape index (κ2) is 5.69. The van der Waals surface area contributed by atoms with Crippen molar-refractivity contribution in [3.8, 4) is 5.75 Å². The molecule has 0 fully saturated rings. The molecule has 0 amide bonds. The van der Waals surface area contributed by atoms with Gasteiger partial charge in [-0.2, -0.15) is 0 Å². The van der Waals surface area contributed by atoms with Crippen LogP contribution in [-0.2, 0) is 0 Å². The van der Waals surface area contributed by atoms with E-state index in [1.54, 1.807) is 25.4 Å². The summed E-state index contributed by atoms with van der Waals surface area (Å²) in [6.45, 7) is 0. The van der Waals surface area contributed by atoms with Gasteiger partial charge in [0.1, 0.15) is 5.75 Å². The van der Waals surface area contributed by atoms with Crippen molar-refractivity contribution in [2.45, 2.75) is 0 Å². The average molecular weight is 412 g/mol. The van der Waals surface area contributed by atoms with Crippen LogP contribution in [0.2, 0.25) is 5.02 Å². The molecule has 2 aromatic carbocycles. The van der Waals surface area contributed by atoms with Crippen LogP contribution < -0.4 is 4.74 Å². The van der Waals surface area contributed by atoms with Gasteiger partial charge in [0, 0.05) is 36.8 Å². The zero-order chi connectivity index (χ0) is 15.0. The summed E-state index contributed by atoms with van der Waals surface area (Å²) in [4.78, 5) is 15.9. The fourth-order valence-electron chi connectivity index (χ4n) is 2.23. The van der Waals surface area contributed by atoms with E-state index in [4.69, 9.17) is 16.3 Å². The first-order chi connectivity index (χ1) is 10.1. The number of ketones is 1. The summed E-state index contributed by atoms with van der Waals surface area (Å²) in [7, 11) is 1.61. The molecular weight excluding hydrogens is 401 g/mol. The Hall–Kier alpha value is -1.53. The topological polar surface area (TPSA) is 42.1 Å². The number of ether oxygens (including phenoxy) is 1. The summed E-state index contributed by atoms with van der Waals surface area (Å²) < 4.78 is 6.10. The van der Waals surface area contributed by atoms with Crippen molar-refractivity contribution in [3.05, 3.63) is 62.3 Å². The van der Waals surface area contributed by atoms with Crippen LogP contribution in [0.15, 0.2) is 42.6 Å². The minimum atomic E-state index is -0.0543. The number of hydrogen-bond donors (Lipinski definition) is 1. The number of nitrogens with one attached hydrogen (secondary N) is 1. The summed E-state index contributed by atoms with van der Waals surface area (Å²) in [6.07, 6.45) is 1.73. The van der Waals surface area contributed by atoms with Crippen LogP contribution in [0.5, 0.6) is 5.75 Å². The Morgan fingerprint density at radius 3 is 2.76 bits per heavy atom. The summed E-state index contributed by atoms with van der Waals surface area (Å²) in [5.74, 6) is 0.665. The molecule has 1 N–H and O–H groups in total. The predicted octanol–water partition coefficient (Wildman–Crippen LogP) is 4.67. The van der Waals surface area contributed by atoms with E-state index in [1.165, 1.54) is 0 Å². The van der Waals surface area contributed by atoms with Crippen LogP contribution in [0.25, 0.3) is 10.9 Å². The van der Waals surface area contributed by atoms with Crippen LogP contribution in [0.1, 0.15) is 15.9 Å². The molecule has 5 heteroatoms. The van der Waals surface area contributed by atoms with E-state index >= 15 is 0 Å².